The molecule has 1 aromatic rings. The molecule has 0 aromatic heterocycles. The number of hydrogen-bond acceptors (Lipinski definition) is 4. The highest BCUT2D eigenvalue weighted by atomic mass is 32.2. The summed E-state index contributed by atoms with van der Waals surface area (Å²) in [5.74, 6) is -0.515. The number of amides is 2. The van der Waals surface area contributed by atoms with Crippen LogP contribution in [0.25, 0.3) is 0 Å². The molecule has 8 heteroatoms. The Labute approximate surface area is 179 Å². The van der Waals surface area contributed by atoms with E-state index in [9.17, 15) is 18.0 Å². The molecule has 2 amide bonds. The van der Waals surface area contributed by atoms with Crippen molar-refractivity contribution < 1.29 is 18.0 Å². The normalized spacial score (nSPS) is 20.8. The molecular weight excluding hydrogens is 402 g/mol. The van der Waals surface area contributed by atoms with Crippen LogP contribution in [0, 0.1) is 5.92 Å². The van der Waals surface area contributed by atoms with Gasteiger partial charge < -0.3 is 10.2 Å². The SMILES string of the molecule is CC(=O)N1c2ccc(S(=O)(=O)NC(C(=O)NC3CCCCC3)C(C)C)cc2CC1C. The van der Waals surface area contributed by atoms with Crippen molar-refractivity contribution in [2.75, 3.05) is 4.90 Å². The molecule has 7 nitrogen and oxygen atoms in total. The van der Waals surface area contributed by atoms with Gasteiger partial charge in [0.15, 0.2) is 0 Å². The predicted octanol–water partition coefficient (Wildman–Crippen LogP) is 2.74. The van der Waals surface area contributed by atoms with Gasteiger partial charge in [-0.15, -0.1) is 0 Å². The van der Waals surface area contributed by atoms with E-state index in [1.807, 2.05) is 20.8 Å². The van der Waals surface area contributed by atoms with Gasteiger partial charge in [-0.1, -0.05) is 33.1 Å². The Hall–Kier alpha value is -1.93. The third-order valence-electron chi connectivity index (χ3n) is 6.10. The summed E-state index contributed by atoms with van der Waals surface area (Å²) in [6.45, 7) is 7.12. The van der Waals surface area contributed by atoms with Crippen LogP contribution in [0.5, 0.6) is 0 Å². The molecule has 3 rings (SSSR count). The Kier molecular flexibility index (Phi) is 6.87. The fourth-order valence-corrected chi connectivity index (χ4v) is 5.91. The maximum absolute atomic E-state index is 13.1. The molecule has 30 heavy (non-hydrogen) atoms. The summed E-state index contributed by atoms with van der Waals surface area (Å²) in [6.07, 6.45) is 5.86. The predicted molar refractivity (Wildman–Crippen MR) is 117 cm³/mol. The number of sulfonamides is 1. The van der Waals surface area contributed by atoms with E-state index in [0.29, 0.717) is 6.42 Å². The molecule has 2 N–H and O–H groups in total. The second-order valence-electron chi connectivity index (χ2n) is 8.92. The molecule has 1 saturated carbocycles. The summed E-state index contributed by atoms with van der Waals surface area (Å²) in [7, 11) is -3.88. The average molecular weight is 436 g/mol. The molecule has 2 unspecified atom stereocenters. The van der Waals surface area contributed by atoms with Crippen molar-refractivity contribution in [2.24, 2.45) is 5.92 Å². The van der Waals surface area contributed by atoms with Gasteiger partial charge in [-0.2, -0.15) is 4.72 Å². The summed E-state index contributed by atoms with van der Waals surface area (Å²) in [4.78, 5) is 26.5. The van der Waals surface area contributed by atoms with Gasteiger partial charge in [0.25, 0.3) is 0 Å². The fraction of sp³-hybridized carbons (Fsp3) is 0.636. The van der Waals surface area contributed by atoms with Gasteiger partial charge in [0.05, 0.1) is 4.90 Å². The number of fused-ring (bicyclic) bond motifs is 1. The van der Waals surface area contributed by atoms with Crippen LogP contribution in [-0.4, -0.2) is 38.4 Å². The molecular formula is C22H33N3O4S. The number of benzene rings is 1. The van der Waals surface area contributed by atoms with Crippen molar-refractivity contribution in [3.63, 3.8) is 0 Å². The lowest BCUT2D eigenvalue weighted by molar-refractivity contribution is -0.124. The highest BCUT2D eigenvalue weighted by molar-refractivity contribution is 7.89. The quantitative estimate of drug-likeness (QED) is 0.718. The van der Waals surface area contributed by atoms with Crippen LogP contribution in [0.3, 0.4) is 0 Å². The molecule has 1 aliphatic heterocycles. The third-order valence-corrected chi connectivity index (χ3v) is 7.54. The van der Waals surface area contributed by atoms with Crippen molar-refractivity contribution in [1.82, 2.24) is 10.0 Å². The Bertz CT molecular complexity index is 907. The zero-order valence-corrected chi connectivity index (χ0v) is 19.1. The van der Waals surface area contributed by atoms with Crippen molar-refractivity contribution >= 4 is 27.5 Å². The van der Waals surface area contributed by atoms with Crippen LogP contribution in [0.1, 0.15) is 65.4 Å². The smallest absolute Gasteiger partial charge is 0.241 e. The second-order valence-corrected chi connectivity index (χ2v) is 10.6. The summed E-state index contributed by atoms with van der Waals surface area (Å²) >= 11 is 0. The van der Waals surface area contributed by atoms with Gasteiger partial charge in [0.1, 0.15) is 6.04 Å². The van der Waals surface area contributed by atoms with E-state index in [-0.39, 0.29) is 34.7 Å². The highest BCUT2D eigenvalue weighted by Crippen LogP contribution is 2.34. The van der Waals surface area contributed by atoms with E-state index in [4.69, 9.17) is 0 Å². The Morgan fingerprint density at radius 2 is 1.80 bits per heavy atom. The Morgan fingerprint density at radius 3 is 2.40 bits per heavy atom. The van der Waals surface area contributed by atoms with Crippen LogP contribution < -0.4 is 14.9 Å². The van der Waals surface area contributed by atoms with Crippen LogP contribution in [0.15, 0.2) is 23.1 Å². The first-order chi connectivity index (χ1) is 14.1. The zero-order chi connectivity index (χ0) is 22.1. The molecule has 2 atom stereocenters. The maximum Gasteiger partial charge on any atom is 0.241 e. The summed E-state index contributed by atoms with van der Waals surface area (Å²) in [5, 5.41) is 3.03. The summed E-state index contributed by atoms with van der Waals surface area (Å²) < 4.78 is 28.8. The lowest BCUT2D eigenvalue weighted by Crippen LogP contribution is -2.52. The number of nitrogens with one attached hydrogen (secondary N) is 2. The van der Waals surface area contributed by atoms with E-state index < -0.39 is 16.1 Å². The first kappa shape index (κ1) is 22.7. The minimum absolute atomic E-state index is 0.00639. The summed E-state index contributed by atoms with van der Waals surface area (Å²) in [6, 6.07) is 4.09. The monoisotopic (exact) mass is 435 g/mol. The van der Waals surface area contributed by atoms with Crippen LogP contribution in [0.2, 0.25) is 0 Å². The van der Waals surface area contributed by atoms with Crippen molar-refractivity contribution in [3.05, 3.63) is 23.8 Å². The highest BCUT2D eigenvalue weighted by Gasteiger charge is 2.33. The topological polar surface area (TPSA) is 95.6 Å². The number of carbonyl (C=O) groups is 2. The number of anilines is 1. The van der Waals surface area contributed by atoms with E-state index >= 15 is 0 Å². The van der Waals surface area contributed by atoms with E-state index in [2.05, 4.69) is 10.0 Å². The van der Waals surface area contributed by atoms with Crippen molar-refractivity contribution in [3.8, 4) is 0 Å². The van der Waals surface area contributed by atoms with Crippen molar-refractivity contribution in [1.29, 1.82) is 0 Å². The van der Waals surface area contributed by atoms with E-state index in [0.717, 1.165) is 36.9 Å². The van der Waals surface area contributed by atoms with Gasteiger partial charge in [0, 0.05) is 24.7 Å². The van der Waals surface area contributed by atoms with Crippen molar-refractivity contribution in [2.45, 2.75) is 89.2 Å². The molecule has 0 spiro atoms. The number of rotatable bonds is 6. The summed E-state index contributed by atoms with van der Waals surface area (Å²) in [5.41, 5.74) is 1.58. The minimum atomic E-state index is -3.88. The van der Waals surface area contributed by atoms with Gasteiger partial charge in [-0.05, 0) is 55.9 Å². The average Bonchev–Trinajstić information content (AvgIpc) is 3.01. The van der Waals surface area contributed by atoms with Gasteiger partial charge in [0.2, 0.25) is 21.8 Å². The lowest BCUT2D eigenvalue weighted by atomic mass is 9.94. The van der Waals surface area contributed by atoms with Gasteiger partial charge >= 0.3 is 0 Å². The lowest BCUT2D eigenvalue weighted by Gasteiger charge is -2.27. The number of hydrogen-bond donors (Lipinski definition) is 2. The second kappa shape index (κ2) is 9.06. The van der Waals surface area contributed by atoms with Gasteiger partial charge in [-0.3, -0.25) is 9.59 Å². The van der Waals surface area contributed by atoms with Crippen LogP contribution in [-0.2, 0) is 26.0 Å². The van der Waals surface area contributed by atoms with Crippen LogP contribution in [0.4, 0.5) is 5.69 Å². The molecule has 2 aliphatic rings. The zero-order valence-electron chi connectivity index (χ0n) is 18.3. The Morgan fingerprint density at radius 1 is 1.13 bits per heavy atom. The first-order valence-electron chi connectivity index (χ1n) is 10.9. The fourth-order valence-electron chi connectivity index (χ4n) is 4.52. The maximum atomic E-state index is 13.1. The molecule has 0 saturated heterocycles. The molecule has 0 bridgehead atoms. The first-order valence-corrected chi connectivity index (χ1v) is 12.3. The molecule has 1 heterocycles. The molecule has 1 fully saturated rings. The largest absolute Gasteiger partial charge is 0.352 e. The molecule has 166 valence electrons. The molecule has 1 aliphatic carbocycles. The number of carbonyl (C=O) groups excluding carboxylic acids is 2. The number of nitrogens with zero attached hydrogens (tertiary/aromatic N) is 1. The third kappa shape index (κ3) is 4.86. The standard InChI is InChI=1S/C22H33N3O4S/c1-14(2)21(22(27)23-18-8-6-5-7-9-18)24-30(28,29)19-10-11-20-17(13-19)12-15(3)25(20)16(4)26/h10-11,13-15,18,21,24H,5-9,12H2,1-4H3,(H,23,27). The van der Waals surface area contributed by atoms with E-state index in [1.54, 1.807) is 17.0 Å². The van der Waals surface area contributed by atoms with E-state index in [1.165, 1.54) is 19.4 Å². The van der Waals surface area contributed by atoms with Gasteiger partial charge in [-0.25, -0.2) is 8.42 Å². The molecule has 1 aromatic carbocycles. The molecule has 0 radical (unpaired) electrons. The Balaban J connectivity index is 1.78. The van der Waals surface area contributed by atoms with Crippen LogP contribution >= 0.6 is 0 Å². The minimum Gasteiger partial charge on any atom is -0.352 e.